The fraction of sp³-hybridized carbons (Fsp3) is 0.478. The minimum atomic E-state index is -4.87. The molecule has 0 heterocycles. The van der Waals surface area contributed by atoms with E-state index in [1.54, 1.807) is 44.4 Å². The van der Waals surface area contributed by atoms with Crippen LogP contribution >= 0.6 is 11.6 Å². The van der Waals surface area contributed by atoms with Crippen LogP contribution in [0.2, 0.25) is 5.02 Å². The third-order valence-corrected chi connectivity index (χ3v) is 5.78. The lowest BCUT2D eigenvalue weighted by molar-refractivity contribution is -0.275. The summed E-state index contributed by atoms with van der Waals surface area (Å²) in [5.41, 5.74) is -0.151. The van der Waals surface area contributed by atoms with Crippen molar-refractivity contribution in [3.8, 4) is 11.5 Å². The molecule has 0 spiro atoms. The van der Waals surface area contributed by atoms with Crippen LogP contribution in [0, 0.1) is 0 Å². The highest BCUT2D eigenvalue weighted by Gasteiger charge is 2.38. The van der Waals surface area contributed by atoms with Crippen molar-refractivity contribution < 1.29 is 32.1 Å². The normalized spacial score (nSPS) is 13.7. The van der Waals surface area contributed by atoms with Crippen molar-refractivity contribution in [3.63, 3.8) is 0 Å². The van der Waals surface area contributed by atoms with Gasteiger partial charge in [-0.3, -0.25) is 0 Å². The molecule has 0 saturated heterocycles. The number of benzene rings is 2. The Morgan fingerprint density at radius 2 is 1.58 bits per heavy atom. The Balaban J connectivity index is 2.27. The van der Waals surface area contributed by atoms with Crippen LogP contribution in [0.15, 0.2) is 42.5 Å². The Morgan fingerprint density at radius 1 is 0.935 bits per heavy atom. The minimum absolute atomic E-state index is 0.0509. The standard InChI is InChI=1S/C23H28ClF3O4/c1-15(17-9-7-8-10-18(17)24)30-19-12-11-16(13-20(19)31-23(25,26)27)14-29-22(4,5)21(2,3)28-6/h7-13,15H,14H2,1-6H3. The first-order valence-electron chi connectivity index (χ1n) is 9.74. The van der Waals surface area contributed by atoms with Gasteiger partial charge in [0.1, 0.15) is 6.10 Å². The summed E-state index contributed by atoms with van der Waals surface area (Å²) in [6, 6.07) is 11.3. The number of ether oxygens (including phenoxy) is 4. The molecular weight excluding hydrogens is 433 g/mol. The van der Waals surface area contributed by atoms with Gasteiger partial charge in [-0.25, -0.2) is 0 Å². The first-order valence-corrected chi connectivity index (χ1v) is 10.1. The Labute approximate surface area is 186 Å². The molecule has 0 radical (unpaired) electrons. The number of hydrogen-bond donors (Lipinski definition) is 0. The predicted molar refractivity (Wildman–Crippen MR) is 114 cm³/mol. The summed E-state index contributed by atoms with van der Waals surface area (Å²) in [6.45, 7) is 9.22. The summed E-state index contributed by atoms with van der Waals surface area (Å²) in [6.07, 6.45) is -5.46. The smallest absolute Gasteiger partial charge is 0.482 e. The van der Waals surface area contributed by atoms with Crippen LogP contribution in [0.4, 0.5) is 13.2 Å². The van der Waals surface area contributed by atoms with Crippen LogP contribution in [0.1, 0.15) is 51.8 Å². The van der Waals surface area contributed by atoms with E-state index in [4.69, 9.17) is 25.8 Å². The van der Waals surface area contributed by atoms with Gasteiger partial charge in [0, 0.05) is 17.7 Å². The van der Waals surface area contributed by atoms with Crippen molar-refractivity contribution in [3.05, 3.63) is 58.6 Å². The first kappa shape index (κ1) is 25.3. The van der Waals surface area contributed by atoms with E-state index in [0.29, 0.717) is 16.1 Å². The number of rotatable bonds is 9. The second-order valence-corrected chi connectivity index (χ2v) is 8.53. The molecule has 0 aliphatic heterocycles. The molecule has 0 aliphatic rings. The summed E-state index contributed by atoms with van der Waals surface area (Å²) in [7, 11) is 1.58. The quantitative estimate of drug-likeness (QED) is 0.400. The molecule has 172 valence electrons. The maximum atomic E-state index is 13.0. The zero-order chi connectivity index (χ0) is 23.4. The van der Waals surface area contributed by atoms with Crippen LogP contribution < -0.4 is 9.47 Å². The van der Waals surface area contributed by atoms with Gasteiger partial charge in [0.15, 0.2) is 11.5 Å². The topological polar surface area (TPSA) is 36.9 Å². The van der Waals surface area contributed by atoms with Crippen molar-refractivity contribution in [2.45, 2.75) is 64.9 Å². The lowest BCUT2D eigenvalue weighted by atomic mass is 9.89. The molecule has 2 aromatic rings. The highest BCUT2D eigenvalue weighted by molar-refractivity contribution is 6.31. The molecular formula is C23H28ClF3O4. The Bertz CT molecular complexity index is 881. The summed E-state index contributed by atoms with van der Waals surface area (Å²) >= 11 is 6.17. The van der Waals surface area contributed by atoms with E-state index in [1.165, 1.54) is 12.1 Å². The Kier molecular flexibility index (Phi) is 7.89. The molecule has 2 rings (SSSR count). The molecule has 2 aromatic carbocycles. The van der Waals surface area contributed by atoms with Gasteiger partial charge < -0.3 is 18.9 Å². The molecule has 0 N–H and O–H groups in total. The highest BCUT2D eigenvalue weighted by Crippen LogP contribution is 2.37. The van der Waals surface area contributed by atoms with Gasteiger partial charge in [-0.05, 0) is 58.4 Å². The van der Waals surface area contributed by atoms with E-state index in [2.05, 4.69) is 4.74 Å². The highest BCUT2D eigenvalue weighted by atomic mass is 35.5. The first-order chi connectivity index (χ1) is 14.3. The molecule has 0 fully saturated rings. The SMILES string of the molecule is COC(C)(C)C(C)(C)OCc1ccc(OC(C)c2ccccc2Cl)c(OC(F)(F)F)c1. The van der Waals surface area contributed by atoms with Crippen LogP contribution in [-0.2, 0) is 16.1 Å². The van der Waals surface area contributed by atoms with Crippen molar-refractivity contribution in [2.75, 3.05) is 7.11 Å². The van der Waals surface area contributed by atoms with E-state index >= 15 is 0 Å². The number of hydrogen-bond acceptors (Lipinski definition) is 4. The van der Waals surface area contributed by atoms with Crippen molar-refractivity contribution in [1.82, 2.24) is 0 Å². The molecule has 1 unspecified atom stereocenters. The average molecular weight is 461 g/mol. The maximum absolute atomic E-state index is 13.0. The molecule has 4 nitrogen and oxygen atoms in total. The van der Waals surface area contributed by atoms with Gasteiger partial charge in [0.2, 0.25) is 0 Å². The molecule has 0 amide bonds. The van der Waals surface area contributed by atoms with Gasteiger partial charge in [-0.2, -0.15) is 0 Å². The van der Waals surface area contributed by atoms with Crippen molar-refractivity contribution in [1.29, 1.82) is 0 Å². The molecule has 0 aromatic heterocycles. The van der Waals surface area contributed by atoms with Crippen LogP contribution in [0.25, 0.3) is 0 Å². The Hall–Kier alpha value is -1.96. The van der Waals surface area contributed by atoms with Gasteiger partial charge in [-0.1, -0.05) is 35.9 Å². The largest absolute Gasteiger partial charge is 0.573 e. The third kappa shape index (κ3) is 6.76. The van der Waals surface area contributed by atoms with Gasteiger partial charge in [-0.15, -0.1) is 13.2 Å². The van der Waals surface area contributed by atoms with Gasteiger partial charge in [0.05, 0.1) is 17.8 Å². The number of halogens is 4. The third-order valence-electron chi connectivity index (χ3n) is 5.44. The van der Waals surface area contributed by atoms with Gasteiger partial charge in [0.25, 0.3) is 0 Å². The molecule has 31 heavy (non-hydrogen) atoms. The van der Waals surface area contributed by atoms with E-state index in [0.717, 1.165) is 0 Å². The summed E-state index contributed by atoms with van der Waals surface area (Å²) in [5.74, 6) is -0.499. The monoisotopic (exact) mass is 460 g/mol. The summed E-state index contributed by atoms with van der Waals surface area (Å²) in [5, 5.41) is 0.460. The van der Waals surface area contributed by atoms with E-state index in [9.17, 15) is 13.2 Å². The number of alkyl halides is 3. The summed E-state index contributed by atoms with van der Waals surface area (Å²) in [4.78, 5) is 0. The molecule has 1 atom stereocenters. The van der Waals surface area contributed by atoms with E-state index in [-0.39, 0.29) is 12.4 Å². The van der Waals surface area contributed by atoms with Crippen molar-refractivity contribution in [2.24, 2.45) is 0 Å². The lowest BCUT2D eigenvalue weighted by Gasteiger charge is -2.40. The zero-order valence-electron chi connectivity index (χ0n) is 18.5. The summed E-state index contributed by atoms with van der Waals surface area (Å²) < 4.78 is 60.4. The molecule has 0 aliphatic carbocycles. The second kappa shape index (κ2) is 9.67. The van der Waals surface area contributed by atoms with Crippen LogP contribution in [0.5, 0.6) is 11.5 Å². The minimum Gasteiger partial charge on any atom is -0.482 e. The van der Waals surface area contributed by atoms with Crippen LogP contribution in [-0.4, -0.2) is 24.7 Å². The molecule has 8 heteroatoms. The number of methoxy groups -OCH3 is 1. The fourth-order valence-corrected chi connectivity index (χ4v) is 2.98. The second-order valence-electron chi connectivity index (χ2n) is 8.12. The van der Waals surface area contributed by atoms with Crippen molar-refractivity contribution >= 4 is 11.6 Å². The predicted octanol–water partition coefficient (Wildman–Crippen LogP) is 7.10. The fourth-order valence-electron chi connectivity index (χ4n) is 2.69. The van der Waals surface area contributed by atoms with Crippen LogP contribution in [0.3, 0.4) is 0 Å². The Morgan fingerprint density at radius 3 is 2.16 bits per heavy atom. The maximum Gasteiger partial charge on any atom is 0.573 e. The van der Waals surface area contributed by atoms with E-state index in [1.807, 2.05) is 27.7 Å². The lowest BCUT2D eigenvalue weighted by Crippen LogP contribution is -2.48. The van der Waals surface area contributed by atoms with E-state index < -0.39 is 29.4 Å². The van der Waals surface area contributed by atoms with Gasteiger partial charge >= 0.3 is 6.36 Å². The average Bonchev–Trinajstić information content (AvgIpc) is 2.67. The molecule has 0 bridgehead atoms. The zero-order valence-corrected chi connectivity index (χ0v) is 19.2. The molecule has 0 saturated carbocycles.